The molecule has 0 aliphatic carbocycles. The molecule has 0 aromatic heterocycles. The van der Waals surface area contributed by atoms with E-state index in [2.05, 4.69) is 31.9 Å². The van der Waals surface area contributed by atoms with Crippen molar-refractivity contribution >= 4 is 59.2 Å². The minimum absolute atomic E-state index is 0.0180. The van der Waals surface area contributed by atoms with Gasteiger partial charge in [0.25, 0.3) is 0 Å². The molecule has 10 N–H and O–H groups in total. The smallest absolute Gasteiger partial charge is 0.326 e. The van der Waals surface area contributed by atoms with Crippen LogP contribution in [0.3, 0.4) is 0 Å². The van der Waals surface area contributed by atoms with Crippen LogP contribution in [-0.2, 0) is 57.4 Å². The van der Waals surface area contributed by atoms with Gasteiger partial charge in [-0.25, -0.2) is 14.4 Å². The average molecular weight is 987 g/mol. The van der Waals surface area contributed by atoms with Gasteiger partial charge in [0.05, 0.1) is 25.9 Å². The third-order valence-corrected chi connectivity index (χ3v) is 11.2. The summed E-state index contributed by atoms with van der Waals surface area (Å²) in [6, 6.07) is -4.35. The maximum atomic E-state index is 12.5. The maximum absolute atomic E-state index is 12.5. The highest BCUT2D eigenvalue weighted by Gasteiger charge is 2.25. The number of likely N-dealkylation sites (N-methyl/N-ethyl adjacent to an activating group) is 1. The summed E-state index contributed by atoms with van der Waals surface area (Å²) < 4.78 is 10.6. The van der Waals surface area contributed by atoms with Crippen molar-refractivity contribution in [1.82, 2.24) is 31.9 Å². The van der Waals surface area contributed by atoms with Crippen LogP contribution in [0.5, 0.6) is 0 Å². The number of Topliss-reactive ketones (excluding diaryl/α,β-unsaturated/α-hetero) is 1. The lowest BCUT2D eigenvalue weighted by atomic mass is 10.0. The van der Waals surface area contributed by atoms with Crippen LogP contribution in [0.2, 0.25) is 0 Å². The van der Waals surface area contributed by atoms with Crippen molar-refractivity contribution in [1.29, 1.82) is 0 Å². The molecular weight excluding hydrogens is 905 g/mol. The summed E-state index contributed by atoms with van der Waals surface area (Å²) in [5.41, 5.74) is 0. The first-order valence-corrected chi connectivity index (χ1v) is 24.6. The Labute approximate surface area is 406 Å². The Morgan fingerprint density at radius 1 is 0.391 bits per heavy atom. The molecule has 5 amide bonds. The predicted molar refractivity (Wildman–Crippen MR) is 253 cm³/mol. The van der Waals surface area contributed by atoms with Crippen LogP contribution in [0.1, 0.15) is 167 Å². The molecule has 0 radical (unpaired) electrons. The van der Waals surface area contributed by atoms with Crippen LogP contribution in [0, 0.1) is 0 Å². The van der Waals surface area contributed by atoms with E-state index in [1.807, 2.05) is 0 Å². The van der Waals surface area contributed by atoms with E-state index in [9.17, 15) is 63.3 Å². The van der Waals surface area contributed by atoms with Gasteiger partial charge in [0.15, 0.2) is 0 Å². The second-order valence-corrected chi connectivity index (χ2v) is 17.1. The van der Waals surface area contributed by atoms with Gasteiger partial charge in [-0.1, -0.05) is 77.0 Å². The third kappa shape index (κ3) is 38.3. The minimum atomic E-state index is -1.48. The summed E-state index contributed by atoms with van der Waals surface area (Å²) in [7, 11) is 1.69. The first-order chi connectivity index (χ1) is 33.0. The monoisotopic (exact) mass is 987 g/mol. The van der Waals surface area contributed by atoms with E-state index in [-0.39, 0.29) is 89.0 Å². The van der Waals surface area contributed by atoms with Crippen molar-refractivity contribution in [3.05, 3.63) is 0 Å². The Kier molecular flexibility index (Phi) is 38.6. The van der Waals surface area contributed by atoms with Gasteiger partial charge in [0, 0.05) is 45.2 Å². The molecule has 3 unspecified atom stereocenters. The van der Waals surface area contributed by atoms with Crippen molar-refractivity contribution in [3.63, 3.8) is 0 Å². The molecule has 0 heterocycles. The fourth-order valence-corrected chi connectivity index (χ4v) is 7.13. The molecule has 4 atom stereocenters. The molecule has 0 aliphatic heterocycles. The van der Waals surface area contributed by atoms with E-state index in [0.717, 1.165) is 51.4 Å². The molecule has 0 aromatic carbocycles. The van der Waals surface area contributed by atoms with E-state index in [1.54, 1.807) is 7.05 Å². The van der Waals surface area contributed by atoms with Crippen molar-refractivity contribution in [2.45, 2.75) is 192 Å². The predicted octanol–water partition coefficient (Wildman–Crippen LogP) is 2.97. The number of nitrogens with one attached hydrogen (secondary N) is 6. The van der Waals surface area contributed by atoms with E-state index in [0.29, 0.717) is 32.2 Å². The van der Waals surface area contributed by atoms with Gasteiger partial charge in [-0.2, -0.15) is 0 Å². The number of carboxylic acid groups (broad SMARTS) is 4. The van der Waals surface area contributed by atoms with Crippen molar-refractivity contribution in [2.24, 2.45) is 0 Å². The lowest BCUT2D eigenvalue weighted by Crippen LogP contribution is -2.45. The number of hydrogen-bond acceptors (Lipinski definition) is 13. The number of unbranched alkanes of at least 4 members (excludes halogenated alkanes) is 14. The fourth-order valence-electron chi connectivity index (χ4n) is 7.13. The zero-order valence-electron chi connectivity index (χ0n) is 40.9. The second kappa shape index (κ2) is 41.7. The minimum Gasteiger partial charge on any atom is -0.481 e. The molecule has 0 aliphatic rings. The standard InChI is InChI=1S/C47H82N6O16/c1-34(54)35(48-2)19-17-18-28-49-39(55)25-22-37(46(64)65)52-42(58)27-24-38(47(66)67)53-43(59)33-69-32-31-68-30-29-50-40(56)26-23-36(45(62)63)51-41(57)20-15-13-11-9-7-5-3-4-6-8-10-12-14-16-21-44(60)61/h35-38,48H,3-33H2,1-2H3,(H,49,55)(H,50,56)(H,51,57)(H,52,58)(H,53,59)(H,60,61)(H,62,63)(H,64,65)(H,66,67)/t35?,36?,37?,38-/m1/s1. The number of carbonyl (C=O) groups excluding carboxylic acids is 6. The number of rotatable bonds is 47. The number of aliphatic carboxylic acids is 4. The highest BCUT2D eigenvalue weighted by atomic mass is 16.5. The Morgan fingerprint density at radius 3 is 1.22 bits per heavy atom. The lowest BCUT2D eigenvalue weighted by Gasteiger charge is -2.17. The highest BCUT2D eigenvalue weighted by Crippen LogP contribution is 2.14. The molecule has 0 spiro atoms. The number of carboxylic acids is 4. The van der Waals surface area contributed by atoms with E-state index >= 15 is 0 Å². The number of amides is 5. The summed E-state index contributed by atoms with van der Waals surface area (Å²) >= 11 is 0. The SMILES string of the molecule is CNC(CCCCNC(=O)CCC(NC(=O)CC[C@@H](NC(=O)COCCOCCNC(=O)CCC(NC(=O)CCCCCCCCCCCCCCCCC(=O)O)C(=O)O)C(=O)O)C(=O)O)C(C)=O. The third-order valence-electron chi connectivity index (χ3n) is 11.2. The summed E-state index contributed by atoms with van der Waals surface area (Å²) in [6.45, 7) is 1.43. The molecule has 396 valence electrons. The van der Waals surface area contributed by atoms with Crippen molar-refractivity contribution in [2.75, 3.05) is 46.6 Å². The van der Waals surface area contributed by atoms with E-state index < -0.39 is 78.7 Å². The average Bonchev–Trinajstić information content (AvgIpc) is 3.29. The summed E-state index contributed by atoms with van der Waals surface area (Å²) in [4.78, 5) is 119. The van der Waals surface area contributed by atoms with Crippen molar-refractivity contribution in [3.8, 4) is 0 Å². The summed E-state index contributed by atoms with van der Waals surface area (Å²) in [5, 5.41) is 52.4. The van der Waals surface area contributed by atoms with Gasteiger partial charge >= 0.3 is 23.9 Å². The molecule has 22 heteroatoms. The van der Waals surface area contributed by atoms with Gasteiger partial charge < -0.3 is 61.8 Å². The molecule has 0 saturated heterocycles. The normalized spacial score (nSPS) is 12.7. The largest absolute Gasteiger partial charge is 0.481 e. The zero-order chi connectivity index (χ0) is 51.7. The second-order valence-electron chi connectivity index (χ2n) is 17.1. The Balaban J connectivity index is 4.13. The van der Waals surface area contributed by atoms with Crippen LogP contribution in [0.25, 0.3) is 0 Å². The molecule has 22 nitrogen and oxygen atoms in total. The first-order valence-electron chi connectivity index (χ1n) is 24.6. The maximum Gasteiger partial charge on any atom is 0.326 e. The van der Waals surface area contributed by atoms with Crippen LogP contribution in [-0.4, -0.2) is 150 Å². The number of hydrogen-bond donors (Lipinski definition) is 10. The van der Waals surface area contributed by atoms with E-state index in [4.69, 9.17) is 14.6 Å². The summed E-state index contributed by atoms with van der Waals surface area (Å²) in [5.74, 6) is -7.55. The molecule has 0 saturated carbocycles. The van der Waals surface area contributed by atoms with Crippen LogP contribution in [0.15, 0.2) is 0 Å². The molecular formula is C47H82N6O16. The Bertz CT molecular complexity index is 1550. The highest BCUT2D eigenvalue weighted by molar-refractivity contribution is 5.87. The first kappa shape index (κ1) is 63.8. The lowest BCUT2D eigenvalue weighted by molar-refractivity contribution is -0.144. The quantitative estimate of drug-likeness (QED) is 0.0392. The number of ether oxygens (including phenoxy) is 2. The number of ketones is 1. The number of carbonyl (C=O) groups is 10. The zero-order valence-corrected chi connectivity index (χ0v) is 40.9. The summed E-state index contributed by atoms with van der Waals surface area (Å²) in [6.07, 6.45) is 15.6. The topological polar surface area (TPSA) is 342 Å². The molecule has 0 aromatic rings. The van der Waals surface area contributed by atoms with E-state index in [1.165, 1.54) is 39.0 Å². The van der Waals surface area contributed by atoms with Crippen LogP contribution < -0.4 is 31.9 Å². The molecule has 69 heavy (non-hydrogen) atoms. The Morgan fingerprint density at radius 2 is 0.783 bits per heavy atom. The van der Waals surface area contributed by atoms with Crippen LogP contribution >= 0.6 is 0 Å². The molecule has 0 fully saturated rings. The van der Waals surface area contributed by atoms with Gasteiger partial charge in [-0.05, 0) is 65.3 Å². The fraction of sp³-hybridized carbons (Fsp3) is 0.787. The van der Waals surface area contributed by atoms with Gasteiger partial charge in [-0.3, -0.25) is 33.6 Å². The molecule has 0 bridgehead atoms. The van der Waals surface area contributed by atoms with Gasteiger partial charge in [0.1, 0.15) is 30.5 Å². The van der Waals surface area contributed by atoms with Crippen molar-refractivity contribution < 1.29 is 77.8 Å². The van der Waals surface area contributed by atoms with Gasteiger partial charge in [0.2, 0.25) is 29.5 Å². The Hall–Kier alpha value is -5.22. The van der Waals surface area contributed by atoms with Crippen LogP contribution in [0.4, 0.5) is 0 Å². The van der Waals surface area contributed by atoms with Gasteiger partial charge in [-0.15, -0.1) is 0 Å². The molecule has 0 rings (SSSR count).